The molecule has 0 saturated carbocycles. The van der Waals surface area contributed by atoms with Crippen LogP contribution in [0.25, 0.3) is 66.7 Å². The van der Waals surface area contributed by atoms with E-state index in [2.05, 4.69) is 90.1 Å². The van der Waals surface area contributed by atoms with Crippen LogP contribution in [0.5, 0.6) is 5.75 Å². The SMILES string of the molecule is [2H]C([2H])([2H])n1c(-c2cc(C(C)(C)C)ccc2O)nc2c(-c3[c-]c(-c4cc(C(C)(C)C)cc5cccnc45)cc(-c4ccccc4)c3)cccc21.[Pt]. The third-order valence-corrected chi connectivity index (χ3v) is 8.92. The van der Waals surface area contributed by atoms with Gasteiger partial charge in [0.25, 0.3) is 0 Å². The fourth-order valence-corrected chi connectivity index (χ4v) is 6.17. The van der Waals surface area contributed by atoms with Gasteiger partial charge in [0.2, 0.25) is 0 Å². The van der Waals surface area contributed by atoms with Crippen molar-refractivity contribution >= 4 is 21.9 Å². The Bertz CT molecular complexity index is 2400. The molecule has 0 aliphatic carbocycles. The van der Waals surface area contributed by atoms with Gasteiger partial charge in [-0.25, -0.2) is 4.98 Å². The molecule has 0 bridgehead atoms. The Morgan fingerprint density at radius 1 is 0.667 bits per heavy atom. The summed E-state index contributed by atoms with van der Waals surface area (Å²) in [7, 11) is 0. The molecule has 0 aliphatic rings. The first-order valence-electron chi connectivity index (χ1n) is 17.5. The Morgan fingerprint density at radius 3 is 2.08 bits per heavy atom. The van der Waals surface area contributed by atoms with Crippen LogP contribution in [0.4, 0.5) is 0 Å². The number of aromatic nitrogens is 3. The fraction of sp³-hybridized carbons (Fsp3) is 0.209. The van der Waals surface area contributed by atoms with E-state index in [0.29, 0.717) is 16.6 Å². The van der Waals surface area contributed by atoms with Crippen molar-refractivity contribution < 1.29 is 30.3 Å². The Labute approximate surface area is 302 Å². The van der Waals surface area contributed by atoms with E-state index in [1.165, 1.54) is 10.1 Å². The summed E-state index contributed by atoms with van der Waals surface area (Å²) in [4.78, 5) is 9.84. The minimum Gasteiger partial charge on any atom is -0.507 e. The van der Waals surface area contributed by atoms with Crippen LogP contribution >= 0.6 is 0 Å². The number of aromatic hydroxyl groups is 1. The normalized spacial score (nSPS) is 13.2. The van der Waals surface area contributed by atoms with Gasteiger partial charge in [0.1, 0.15) is 11.6 Å². The van der Waals surface area contributed by atoms with Crippen LogP contribution in [0, 0.1) is 6.07 Å². The number of para-hydroxylation sites is 1. The maximum absolute atomic E-state index is 11.1. The Morgan fingerprint density at radius 2 is 1.38 bits per heavy atom. The second kappa shape index (κ2) is 12.5. The summed E-state index contributed by atoms with van der Waals surface area (Å²) >= 11 is 0. The number of aryl methyl sites for hydroxylation is 1. The number of nitrogens with zero attached hydrogens (tertiary/aromatic N) is 3. The van der Waals surface area contributed by atoms with Gasteiger partial charge in [-0.05, 0) is 57.2 Å². The number of imidazole rings is 1. The number of phenols is 1. The van der Waals surface area contributed by atoms with Gasteiger partial charge in [-0.1, -0.05) is 125 Å². The van der Waals surface area contributed by atoms with Crippen molar-refractivity contribution in [3.8, 4) is 50.5 Å². The van der Waals surface area contributed by atoms with Gasteiger partial charge in [-0.2, -0.15) is 0 Å². The molecule has 0 radical (unpaired) electrons. The molecule has 5 aromatic carbocycles. The second-order valence-corrected chi connectivity index (χ2v) is 14.3. The van der Waals surface area contributed by atoms with Gasteiger partial charge in [-0.3, -0.25) is 4.98 Å². The van der Waals surface area contributed by atoms with Gasteiger partial charge in [-0.15, -0.1) is 29.3 Å². The van der Waals surface area contributed by atoms with Crippen molar-refractivity contribution in [2.45, 2.75) is 52.4 Å². The van der Waals surface area contributed by atoms with E-state index in [0.717, 1.165) is 49.8 Å². The average Bonchev–Trinajstić information content (AvgIpc) is 3.48. The number of benzene rings is 5. The van der Waals surface area contributed by atoms with Gasteiger partial charge >= 0.3 is 0 Å². The van der Waals surface area contributed by atoms with E-state index in [1.54, 1.807) is 12.1 Å². The quantitative estimate of drug-likeness (QED) is 0.180. The van der Waals surface area contributed by atoms with Gasteiger partial charge < -0.3 is 9.67 Å². The van der Waals surface area contributed by atoms with Crippen molar-refractivity contribution in [2.24, 2.45) is 6.98 Å². The summed E-state index contributed by atoms with van der Waals surface area (Å²) in [5, 5.41) is 12.1. The number of pyridine rings is 1. The van der Waals surface area contributed by atoms with Crippen LogP contribution in [0.1, 0.15) is 56.8 Å². The minimum absolute atomic E-state index is 0. The molecule has 2 heterocycles. The third-order valence-electron chi connectivity index (χ3n) is 8.92. The van der Waals surface area contributed by atoms with Gasteiger partial charge in [0, 0.05) is 43.9 Å². The maximum Gasteiger partial charge on any atom is 0.143 e. The summed E-state index contributed by atoms with van der Waals surface area (Å²) in [5.74, 6) is 0.155. The Balaban J connectivity index is 0.00000448. The number of phenolic OH excluding ortho intramolecular Hbond substituents is 1. The molecule has 1 N–H and O–H groups in total. The molecule has 0 spiro atoms. The molecule has 7 rings (SSSR count). The zero-order valence-corrected chi connectivity index (χ0v) is 30.3. The third kappa shape index (κ3) is 6.11. The van der Waals surface area contributed by atoms with E-state index in [4.69, 9.17) is 14.1 Å². The van der Waals surface area contributed by atoms with Crippen LogP contribution in [0.15, 0.2) is 109 Å². The van der Waals surface area contributed by atoms with Crippen molar-refractivity contribution in [1.82, 2.24) is 14.5 Å². The topological polar surface area (TPSA) is 50.9 Å². The summed E-state index contributed by atoms with van der Waals surface area (Å²) in [6, 6.07) is 37.6. The van der Waals surface area contributed by atoms with Gasteiger partial charge in [0.05, 0.1) is 16.6 Å². The fourth-order valence-electron chi connectivity index (χ4n) is 6.17. The first-order chi connectivity index (χ1) is 23.6. The molecule has 0 atom stereocenters. The van der Waals surface area contributed by atoms with Crippen LogP contribution in [0.3, 0.4) is 0 Å². The molecule has 2 aromatic heterocycles. The smallest absolute Gasteiger partial charge is 0.143 e. The van der Waals surface area contributed by atoms with Gasteiger partial charge in [0.15, 0.2) is 0 Å². The van der Waals surface area contributed by atoms with Crippen molar-refractivity contribution in [1.29, 1.82) is 0 Å². The van der Waals surface area contributed by atoms with Crippen molar-refractivity contribution in [3.05, 3.63) is 127 Å². The van der Waals surface area contributed by atoms with E-state index < -0.39 is 6.98 Å². The zero-order valence-electron chi connectivity index (χ0n) is 31.0. The van der Waals surface area contributed by atoms with E-state index in [9.17, 15) is 5.11 Å². The molecule has 0 amide bonds. The standard InChI is InChI=1S/C43H40N3O.Pt/c1-42(2,3)32-18-19-38(47)36(25-32)41-45-40-34(16-11-17-37(40)46(41)7)30-21-29(27-13-9-8-10-14-27)22-31(23-30)35-26-33(43(4,5)6)24-28-15-12-20-44-39(28)35;/h8-22,24-26,47H,1-7H3;/q-1;/i7D3;. The van der Waals surface area contributed by atoms with E-state index in [-0.39, 0.29) is 43.5 Å². The maximum atomic E-state index is 11.1. The first kappa shape index (κ1) is 29.6. The summed E-state index contributed by atoms with van der Waals surface area (Å²) in [5.41, 5.74) is 9.41. The average molecular weight is 813 g/mol. The van der Waals surface area contributed by atoms with Crippen LogP contribution in [-0.4, -0.2) is 19.6 Å². The predicted molar refractivity (Wildman–Crippen MR) is 196 cm³/mol. The van der Waals surface area contributed by atoms with E-state index >= 15 is 0 Å². The molecule has 244 valence electrons. The molecule has 0 unspecified atom stereocenters. The first-order valence-corrected chi connectivity index (χ1v) is 16.0. The monoisotopic (exact) mass is 812 g/mol. The molecular weight excluding hydrogens is 770 g/mol. The number of rotatable bonds is 4. The summed E-state index contributed by atoms with van der Waals surface area (Å²) in [6.45, 7) is 10.3. The second-order valence-electron chi connectivity index (χ2n) is 14.3. The molecule has 0 aliphatic heterocycles. The minimum atomic E-state index is -2.56. The number of hydrogen-bond acceptors (Lipinski definition) is 3. The molecule has 0 fully saturated rings. The molecule has 0 saturated heterocycles. The predicted octanol–water partition coefficient (Wildman–Crippen LogP) is 10.9. The van der Waals surface area contributed by atoms with Crippen molar-refractivity contribution in [2.75, 3.05) is 0 Å². The Kier molecular flexibility index (Phi) is 7.70. The number of fused-ring (bicyclic) bond motifs is 2. The van der Waals surface area contributed by atoms with Crippen LogP contribution in [0.2, 0.25) is 0 Å². The summed E-state index contributed by atoms with van der Waals surface area (Å²) in [6.07, 6.45) is 1.82. The molecule has 4 nitrogen and oxygen atoms in total. The summed E-state index contributed by atoms with van der Waals surface area (Å²) < 4.78 is 27.0. The number of hydrogen-bond donors (Lipinski definition) is 1. The molecule has 48 heavy (non-hydrogen) atoms. The van der Waals surface area contributed by atoms with Crippen LogP contribution in [-0.2, 0) is 38.9 Å². The molecular formula is C43H40N3OPt-. The van der Waals surface area contributed by atoms with Crippen molar-refractivity contribution in [3.63, 3.8) is 0 Å². The van der Waals surface area contributed by atoms with Crippen LogP contribution < -0.4 is 0 Å². The molecule has 7 aromatic rings. The molecule has 5 heteroatoms. The zero-order chi connectivity index (χ0) is 35.6. The van der Waals surface area contributed by atoms with E-state index in [1.807, 2.05) is 54.7 Å². The Hall–Kier alpha value is -4.53. The largest absolute Gasteiger partial charge is 0.507 e.